The lowest BCUT2D eigenvalue weighted by Crippen LogP contribution is -2.48. The van der Waals surface area contributed by atoms with Crippen molar-refractivity contribution in [3.8, 4) is 0 Å². The van der Waals surface area contributed by atoms with Gasteiger partial charge in [-0.25, -0.2) is 8.42 Å². The summed E-state index contributed by atoms with van der Waals surface area (Å²) in [5.74, 6) is -0.0168. The zero-order valence-electron chi connectivity index (χ0n) is 12.1. The Bertz CT molecular complexity index is 432. The van der Waals surface area contributed by atoms with E-state index in [4.69, 9.17) is 0 Å². The first-order valence-electron chi connectivity index (χ1n) is 7.55. The SMILES string of the molecule is CCCS(=O)(=O)N1CCCC1C(=O)NCC1CCCN1. The van der Waals surface area contributed by atoms with Crippen LogP contribution in [-0.4, -0.2) is 56.1 Å². The number of amides is 1. The second kappa shape index (κ2) is 6.87. The van der Waals surface area contributed by atoms with E-state index in [1.165, 1.54) is 4.31 Å². The molecule has 116 valence electrons. The molecular weight excluding hydrogens is 278 g/mol. The maximum absolute atomic E-state index is 12.2. The normalized spacial score (nSPS) is 27.9. The van der Waals surface area contributed by atoms with Gasteiger partial charge in [-0.15, -0.1) is 0 Å². The molecule has 1 amide bonds. The average molecular weight is 303 g/mol. The van der Waals surface area contributed by atoms with Gasteiger partial charge in [-0.1, -0.05) is 6.92 Å². The van der Waals surface area contributed by atoms with E-state index in [9.17, 15) is 13.2 Å². The predicted octanol–water partition coefficient (Wildman–Crippen LogP) is 0.0588. The Balaban J connectivity index is 1.90. The molecule has 0 spiro atoms. The van der Waals surface area contributed by atoms with Crippen LogP contribution in [0.2, 0.25) is 0 Å². The Morgan fingerprint density at radius 2 is 2.15 bits per heavy atom. The Hall–Kier alpha value is -0.660. The number of nitrogens with zero attached hydrogens (tertiary/aromatic N) is 1. The van der Waals surface area contributed by atoms with Gasteiger partial charge in [0.1, 0.15) is 6.04 Å². The monoisotopic (exact) mass is 303 g/mol. The summed E-state index contributed by atoms with van der Waals surface area (Å²) in [5.41, 5.74) is 0. The lowest BCUT2D eigenvalue weighted by molar-refractivity contribution is -0.124. The van der Waals surface area contributed by atoms with Crippen LogP contribution in [0.25, 0.3) is 0 Å². The highest BCUT2D eigenvalue weighted by molar-refractivity contribution is 7.89. The third-order valence-corrected chi connectivity index (χ3v) is 6.09. The fourth-order valence-electron chi connectivity index (χ4n) is 2.98. The molecule has 7 heteroatoms. The van der Waals surface area contributed by atoms with Gasteiger partial charge in [-0.3, -0.25) is 4.79 Å². The van der Waals surface area contributed by atoms with Gasteiger partial charge in [0.25, 0.3) is 0 Å². The zero-order valence-corrected chi connectivity index (χ0v) is 12.9. The van der Waals surface area contributed by atoms with E-state index in [2.05, 4.69) is 10.6 Å². The van der Waals surface area contributed by atoms with Crippen molar-refractivity contribution >= 4 is 15.9 Å². The minimum absolute atomic E-state index is 0.126. The average Bonchev–Trinajstić information content (AvgIpc) is 3.07. The largest absolute Gasteiger partial charge is 0.353 e. The second-order valence-electron chi connectivity index (χ2n) is 5.62. The molecular formula is C13H25N3O3S. The molecule has 0 bridgehead atoms. The maximum Gasteiger partial charge on any atom is 0.238 e. The summed E-state index contributed by atoms with van der Waals surface area (Å²) in [7, 11) is -3.28. The van der Waals surface area contributed by atoms with Gasteiger partial charge in [0, 0.05) is 19.1 Å². The van der Waals surface area contributed by atoms with Crippen LogP contribution in [0.3, 0.4) is 0 Å². The van der Waals surface area contributed by atoms with Crippen molar-refractivity contribution in [1.82, 2.24) is 14.9 Å². The molecule has 2 heterocycles. The van der Waals surface area contributed by atoms with E-state index in [1.54, 1.807) is 0 Å². The van der Waals surface area contributed by atoms with Gasteiger partial charge in [-0.05, 0) is 38.6 Å². The van der Waals surface area contributed by atoms with E-state index >= 15 is 0 Å². The van der Waals surface area contributed by atoms with Gasteiger partial charge < -0.3 is 10.6 Å². The van der Waals surface area contributed by atoms with Crippen LogP contribution in [-0.2, 0) is 14.8 Å². The zero-order chi connectivity index (χ0) is 14.6. The summed E-state index contributed by atoms with van der Waals surface area (Å²) >= 11 is 0. The van der Waals surface area contributed by atoms with Crippen molar-refractivity contribution in [2.75, 3.05) is 25.4 Å². The van der Waals surface area contributed by atoms with Gasteiger partial charge in [0.2, 0.25) is 15.9 Å². The van der Waals surface area contributed by atoms with Crippen molar-refractivity contribution in [1.29, 1.82) is 0 Å². The van der Waals surface area contributed by atoms with Crippen molar-refractivity contribution in [3.63, 3.8) is 0 Å². The molecule has 2 fully saturated rings. The van der Waals surface area contributed by atoms with Gasteiger partial charge in [-0.2, -0.15) is 4.31 Å². The molecule has 0 aliphatic carbocycles. The molecule has 2 atom stereocenters. The van der Waals surface area contributed by atoms with Crippen LogP contribution in [0.5, 0.6) is 0 Å². The first-order valence-corrected chi connectivity index (χ1v) is 9.16. The van der Waals surface area contributed by atoms with Crippen molar-refractivity contribution < 1.29 is 13.2 Å². The Kier molecular flexibility index (Phi) is 5.40. The lowest BCUT2D eigenvalue weighted by atomic mass is 10.2. The fraction of sp³-hybridized carbons (Fsp3) is 0.923. The molecule has 0 radical (unpaired) electrons. The molecule has 2 N–H and O–H groups in total. The van der Waals surface area contributed by atoms with E-state index in [-0.39, 0.29) is 11.7 Å². The molecule has 2 rings (SSSR count). The Morgan fingerprint density at radius 1 is 1.35 bits per heavy atom. The predicted molar refractivity (Wildman–Crippen MR) is 77.8 cm³/mol. The molecule has 2 saturated heterocycles. The molecule has 20 heavy (non-hydrogen) atoms. The lowest BCUT2D eigenvalue weighted by Gasteiger charge is -2.23. The summed E-state index contributed by atoms with van der Waals surface area (Å²) in [5, 5.41) is 6.22. The van der Waals surface area contributed by atoms with Gasteiger partial charge in [0.05, 0.1) is 5.75 Å². The number of carbonyl (C=O) groups is 1. The quantitative estimate of drug-likeness (QED) is 0.727. The second-order valence-corrected chi connectivity index (χ2v) is 7.66. The van der Waals surface area contributed by atoms with Crippen LogP contribution >= 0.6 is 0 Å². The number of carbonyl (C=O) groups excluding carboxylic acids is 1. The first kappa shape index (κ1) is 15.7. The Morgan fingerprint density at radius 3 is 2.80 bits per heavy atom. The molecule has 6 nitrogen and oxygen atoms in total. The molecule has 0 aromatic heterocycles. The molecule has 0 saturated carbocycles. The van der Waals surface area contributed by atoms with E-state index in [0.717, 1.165) is 25.8 Å². The van der Waals surface area contributed by atoms with Gasteiger partial charge >= 0.3 is 0 Å². The Labute approximate surface area is 121 Å². The molecule has 0 aromatic rings. The molecule has 2 aliphatic heterocycles. The highest BCUT2D eigenvalue weighted by Gasteiger charge is 2.38. The van der Waals surface area contributed by atoms with Crippen molar-refractivity contribution in [2.24, 2.45) is 0 Å². The van der Waals surface area contributed by atoms with Crippen LogP contribution in [0.15, 0.2) is 0 Å². The van der Waals surface area contributed by atoms with Crippen LogP contribution in [0.4, 0.5) is 0 Å². The highest BCUT2D eigenvalue weighted by Crippen LogP contribution is 2.22. The minimum Gasteiger partial charge on any atom is -0.353 e. The summed E-state index contributed by atoms with van der Waals surface area (Å²) in [6, 6.07) is -0.172. The summed E-state index contributed by atoms with van der Waals surface area (Å²) in [4.78, 5) is 12.2. The first-order chi connectivity index (χ1) is 9.54. The van der Waals surface area contributed by atoms with E-state index < -0.39 is 16.1 Å². The number of sulfonamides is 1. The number of rotatable bonds is 6. The van der Waals surface area contributed by atoms with Gasteiger partial charge in [0.15, 0.2) is 0 Å². The third-order valence-electron chi connectivity index (χ3n) is 4.01. The van der Waals surface area contributed by atoms with Crippen LogP contribution < -0.4 is 10.6 Å². The molecule has 0 aromatic carbocycles. The third kappa shape index (κ3) is 3.71. The van der Waals surface area contributed by atoms with Crippen molar-refractivity contribution in [3.05, 3.63) is 0 Å². The number of nitrogens with one attached hydrogen (secondary N) is 2. The molecule has 2 aliphatic rings. The van der Waals surface area contributed by atoms with Crippen LogP contribution in [0.1, 0.15) is 39.0 Å². The maximum atomic E-state index is 12.2. The molecule has 2 unspecified atom stereocenters. The standard InChI is InChI=1S/C13H25N3O3S/c1-2-9-20(18,19)16-8-4-6-12(16)13(17)15-10-11-5-3-7-14-11/h11-12,14H,2-10H2,1H3,(H,15,17). The summed E-state index contributed by atoms with van der Waals surface area (Å²) in [6.07, 6.45) is 4.19. The van der Waals surface area contributed by atoms with Crippen LogP contribution in [0, 0.1) is 0 Å². The summed E-state index contributed by atoms with van der Waals surface area (Å²) < 4.78 is 25.7. The van der Waals surface area contributed by atoms with E-state index in [0.29, 0.717) is 32.0 Å². The smallest absolute Gasteiger partial charge is 0.238 e. The minimum atomic E-state index is -3.28. The topological polar surface area (TPSA) is 78.5 Å². The number of hydrogen-bond donors (Lipinski definition) is 2. The van der Waals surface area contributed by atoms with Crippen molar-refractivity contribution in [2.45, 2.75) is 51.1 Å². The number of hydrogen-bond acceptors (Lipinski definition) is 4. The fourth-order valence-corrected chi connectivity index (χ4v) is 4.73. The van der Waals surface area contributed by atoms with E-state index in [1.807, 2.05) is 6.92 Å². The summed E-state index contributed by atoms with van der Waals surface area (Å²) in [6.45, 7) is 3.91. The highest BCUT2D eigenvalue weighted by atomic mass is 32.2.